The molecule has 0 aromatic carbocycles. The van der Waals surface area contributed by atoms with Crippen LogP contribution in [0.5, 0.6) is 0 Å². The standard InChI is InChI=1S/C17H20N2OS/c20-17(7-1-5-16-6-3-11-21-16)19(15-8-9-15)13-14-4-2-10-18-12-14/h2-4,6,10-12,15H,1,5,7-9,13H2. The number of hydrogen-bond donors (Lipinski definition) is 0. The summed E-state index contributed by atoms with van der Waals surface area (Å²) in [6, 6.07) is 8.65. The fraction of sp³-hybridized carbons (Fsp3) is 0.412. The van der Waals surface area contributed by atoms with E-state index in [0.717, 1.165) is 31.2 Å². The van der Waals surface area contributed by atoms with Gasteiger partial charge in [-0.25, -0.2) is 0 Å². The number of rotatable bonds is 7. The van der Waals surface area contributed by atoms with Gasteiger partial charge >= 0.3 is 0 Å². The van der Waals surface area contributed by atoms with E-state index in [1.807, 2.05) is 23.2 Å². The quantitative estimate of drug-likeness (QED) is 0.782. The molecule has 1 aliphatic rings. The number of carbonyl (C=O) groups excluding carboxylic acids is 1. The highest BCUT2D eigenvalue weighted by atomic mass is 32.1. The van der Waals surface area contributed by atoms with Crippen LogP contribution in [-0.4, -0.2) is 21.8 Å². The van der Waals surface area contributed by atoms with Crippen LogP contribution in [0.2, 0.25) is 0 Å². The fourth-order valence-corrected chi connectivity index (χ4v) is 3.26. The SMILES string of the molecule is O=C(CCCc1cccs1)N(Cc1cccnc1)C1CC1. The average molecular weight is 300 g/mol. The molecule has 1 saturated carbocycles. The molecule has 0 atom stereocenters. The second kappa shape index (κ2) is 6.85. The van der Waals surface area contributed by atoms with Crippen LogP contribution in [0.25, 0.3) is 0 Å². The van der Waals surface area contributed by atoms with Crippen molar-refractivity contribution in [1.82, 2.24) is 9.88 Å². The second-order valence-electron chi connectivity index (χ2n) is 5.55. The monoisotopic (exact) mass is 300 g/mol. The molecule has 21 heavy (non-hydrogen) atoms. The van der Waals surface area contributed by atoms with E-state index in [0.29, 0.717) is 19.0 Å². The third-order valence-corrected chi connectivity index (χ3v) is 4.71. The molecule has 110 valence electrons. The van der Waals surface area contributed by atoms with Crippen molar-refractivity contribution in [3.63, 3.8) is 0 Å². The molecule has 4 heteroatoms. The van der Waals surface area contributed by atoms with Crippen molar-refractivity contribution in [1.29, 1.82) is 0 Å². The Balaban J connectivity index is 1.52. The minimum atomic E-state index is 0.290. The molecule has 1 amide bonds. The molecule has 3 rings (SSSR count). The highest BCUT2D eigenvalue weighted by molar-refractivity contribution is 7.09. The Morgan fingerprint density at radius 2 is 2.24 bits per heavy atom. The van der Waals surface area contributed by atoms with Crippen LogP contribution in [0.3, 0.4) is 0 Å². The van der Waals surface area contributed by atoms with Gasteiger partial charge in [0.15, 0.2) is 0 Å². The van der Waals surface area contributed by atoms with Crippen LogP contribution < -0.4 is 0 Å². The molecular formula is C17H20N2OS. The fourth-order valence-electron chi connectivity index (χ4n) is 2.51. The number of carbonyl (C=O) groups is 1. The van der Waals surface area contributed by atoms with Gasteiger partial charge in [-0.2, -0.15) is 0 Å². The van der Waals surface area contributed by atoms with Crippen molar-refractivity contribution >= 4 is 17.2 Å². The molecule has 0 bridgehead atoms. The van der Waals surface area contributed by atoms with E-state index < -0.39 is 0 Å². The molecule has 0 radical (unpaired) electrons. The average Bonchev–Trinajstić information content (AvgIpc) is 3.22. The first kappa shape index (κ1) is 14.3. The van der Waals surface area contributed by atoms with Crippen LogP contribution in [0.15, 0.2) is 42.0 Å². The Bertz CT molecular complexity index is 564. The highest BCUT2D eigenvalue weighted by Gasteiger charge is 2.32. The lowest BCUT2D eigenvalue weighted by Crippen LogP contribution is -2.32. The number of hydrogen-bond acceptors (Lipinski definition) is 3. The normalized spacial score (nSPS) is 14.1. The van der Waals surface area contributed by atoms with Gasteiger partial charge in [-0.15, -0.1) is 11.3 Å². The summed E-state index contributed by atoms with van der Waals surface area (Å²) in [6.45, 7) is 0.705. The number of amides is 1. The van der Waals surface area contributed by atoms with Crippen molar-refractivity contribution < 1.29 is 4.79 Å². The topological polar surface area (TPSA) is 33.2 Å². The first-order valence-corrected chi connectivity index (χ1v) is 8.41. The number of aryl methyl sites for hydroxylation is 1. The van der Waals surface area contributed by atoms with E-state index in [2.05, 4.69) is 22.5 Å². The van der Waals surface area contributed by atoms with Gasteiger partial charge in [-0.1, -0.05) is 12.1 Å². The molecule has 3 nitrogen and oxygen atoms in total. The Labute approximate surface area is 129 Å². The van der Waals surface area contributed by atoms with Gasteiger partial charge in [0, 0.05) is 36.3 Å². The molecule has 0 spiro atoms. The molecule has 0 N–H and O–H groups in total. The number of nitrogens with zero attached hydrogens (tertiary/aromatic N) is 2. The van der Waals surface area contributed by atoms with Gasteiger partial charge in [0.25, 0.3) is 0 Å². The zero-order chi connectivity index (χ0) is 14.5. The minimum Gasteiger partial charge on any atom is -0.335 e. The smallest absolute Gasteiger partial charge is 0.223 e. The molecule has 1 fully saturated rings. The molecule has 0 unspecified atom stereocenters. The van der Waals surface area contributed by atoms with E-state index >= 15 is 0 Å². The summed E-state index contributed by atoms with van der Waals surface area (Å²) >= 11 is 1.77. The summed E-state index contributed by atoms with van der Waals surface area (Å²) in [7, 11) is 0. The summed E-state index contributed by atoms with van der Waals surface area (Å²) in [5.41, 5.74) is 1.12. The second-order valence-corrected chi connectivity index (χ2v) is 6.58. The molecule has 0 saturated heterocycles. The summed E-state index contributed by atoms with van der Waals surface area (Å²) < 4.78 is 0. The highest BCUT2D eigenvalue weighted by Crippen LogP contribution is 2.29. The zero-order valence-corrected chi connectivity index (χ0v) is 12.9. The van der Waals surface area contributed by atoms with Crippen LogP contribution >= 0.6 is 11.3 Å². The Morgan fingerprint density at radius 3 is 2.90 bits per heavy atom. The lowest BCUT2D eigenvalue weighted by atomic mass is 10.2. The van der Waals surface area contributed by atoms with E-state index in [-0.39, 0.29) is 5.91 Å². The van der Waals surface area contributed by atoms with Crippen LogP contribution in [-0.2, 0) is 17.8 Å². The summed E-state index contributed by atoms with van der Waals surface area (Å²) in [5.74, 6) is 0.290. The Kier molecular flexibility index (Phi) is 4.65. The van der Waals surface area contributed by atoms with E-state index in [1.54, 1.807) is 17.5 Å². The first-order valence-electron chi connectivity index (χ1n) is 7.53. The van der Waals surface area contributed by atoms with Gasteiger partial charge in [0.2, 0.25) is 5.91 Å². The van der Waals surface area contributed by atoms with E-state index in [1.165, 1.54) is 4.88 Å². The lowest BCUT2D eigenvalue weighted by molar-refractivity contribution is -0.132. The summed E-state index contributed by atoms with van der Waals surface area (Å²) in [6.07, 6.45) is 8.52. The largest absolute Gasteiger partial charge is 0.335 e. The van der Waals surface area contributed by atoms with Crippen LogP contribution in [0.1, 0.15) is 36.1 Å². The van der Waals surface area contributed by atoms with Crippen LogP contribution in [0.4, 0.5) is 0 Å². The zero-order valence-electron chi connectivity index (χ0n) is 12.1. The van der Waals surface area contributed by atoms with Crippen molar-refractivity contribution in [3.05, 3.63) is 52.5 Å². The Morgan fingerprint density at radius 1 is 1.33 bits per heavy atom. The molecule has 2 aromatic heterocycles. The minimum absolute atomic E-state index is 0.290. The third-order valence-electron chi connectivity index (χ3n) is 3.78. The lowest BCUT2D eigenvalue weighted by Gasteiger charge is -2.22. The summed E-state index contributed by atoms with van der Waals surface area (Å²) in [4.78, 5) is 20.0. The molecule has 2 heterocycles. The Hall–Kier alpha value is -1.68. The van der Waals surface area contributed by atoms with Gasteiger partial charge in [-0.3, -0.25) is 9.78 Å². The molecule has 1 aliphatic carbocycles. The summed E-state index contributed by atoms with van der Waals surface area (Å²) in [5, 5.41) is 2.09. The maximum Gasteiger partial charge on any atom is 0.223 e. The predicted molar refractivity (Wildman–Crippen MR) is 85.1 cm³/mol. The molecule has 0 aliphatic heterocycles. The number of pyridine rings is 1. The maximum atomic E-state index is 12.5. The number of thiophene rings is 1. The number of aromatic nitrogens is 1. The van der Waals surface area contributed by atoms with Crippen molar-refractivity contribution in [2.24, 2.45) is 0 Å². The van der Waals surface area contributed by atoms with E-state index in [9.17, 15) is 4.79 Å². The molecule has 2 aromatic rings. The third kappa shape index (κ3) is 4.14. The van der Waals surface area contributed by atoms with Gasteiger partial charge in [0.05, 0.1) is 0 Å². The van der Waals surface area contributed by atoms with Crippen molar-refractivity contribution in [3.8, 4) is 0 Å². The van der Waals surface area contributed by atoms with Gasteiger partial charge < -0.3 is 4.90 Å². The first-order chi connectivity index (χ1) is 10.3. The van der Waals surface area contributed by atoms with Crippen molar-refractivity contribution in [2.45, 2.75) is 44.7 Å². The van der Waals surface area contributed by atoms with Gasteiger partial charge in [-0.05, 0) is 48.8 Å². The maximum absolute atomic E-state index is 12.5. The van der Waals surface area contributed by atoms with Crippen molar-refractivity contribution in [2.75, 3.05) is 0 Å². The van der Waals surface area contributed by atoms with Crippen LogP contribution in [0, 0.1) is 0 Å². The van der Waals surface area contributed by atoms with E-state index in [4.69, 9.17) is 0 Å². The molecular weight excluding hydrogens is 280 g/mol. The van der Waals surface area contributed by atoms with Gasteiger partial charge in [0.1, 0.15) is 0 Å². The predicted octanol–water partition coefficient (Wildman–Crippen LogP) is 3.66.